The number of hydrogen-bond acceptors (Lipinski definition) is 5. The average Bonchev–Trinajstić information content (AvgIpc) is 2.50. The minimum Gasteiger partial charge on any atom is -0.379 e. The molecule has 0 aromatic carbocycles. The van der Waals surface area contributed by atoms with Gasteiger partial charge in [0.25, 0.3) is 0 Å². The first-order valence-corrected chi connectivity index (χ1v) is 5.26. The van der Waals surface area contributed by atoms with Gasteiger partial charge in [0, 0.05) is 18.2 Å². The van der Waals surface area contributed by atoms with E-state index in [-0.39, 0.29) is 17.5 Å². The van der Waals surface area contributed by atoms with Crippen molar-refractivity contribution in [3.8, 4) is 0 Å². The van der Waals surface area contributed by atoms with Crippen LogP contribution in [0, 0.1) is 12.3 Å². The van der Waals surface area contributed by atoms with Gasteiger partial charge in [-0.1, -0.05) is 16.9 Å². The van der Waals surface area contributed by atoms with Gasteiger partial charge in [0.05, 0.1) is 0 Å². The summed E-state index contributed by atoms with van der Waals surface area (Å²) in [4.78, 5) is 11.3. The van der Waals surface area contributed by atoms with Crippen LogP contribution in [-0.4, -0.2) is 22.0 Å². The number of rotatable bonds is 4. The third-order valence-electron chi connectivity index (χ3n) is 1.48. The van der Waals surface area contributed by atoms with Crippen molar-refractivity contribution in [2.24, 2.45) is 5.73 Å². The predicted octanol–water partition coefficient (Wildman–Crippen LogP) is 0.938. The molecular weight excluding hydrogens is 216 g/mol. The summed E-state index contributed by atoms with van der Waals surface area (Å²) < 4.78 is 4.78. The predicted molar refractivity (Wildman–Crippen MR) is 58.9 cm³/mol. The smallest absolute Gasteiger partial charge is 0.226 e. The van der Waals surface area contributed by atoms with Gasteiger partial charge in [0.2, 0.25) is 5.91 Å². The fourth-order valence-corrected chi connectivity index (χ4v) is 1.39. The van der Waals surface area contributed by atoms with Crippen LogP contribution in [0.25, 0.3) is 0 Å². The molecule has 1 aromatic rings. The Morgan fingerprint density at radius 3 is 3.07 bits per heavy atom. The van der Waals surface area contributed by atoms with Crippen molar-refractivity contribution in [2.45, 2.75) is 13.3 Å². The second-order valence-electron chi connectivity index (χ2n) is 2.83. The molecule has 0 aliphatic rings. The molecular formula is C8H12N4O2S. The molecule has 0 bridgehead atoms. The zero-order valence-electron chi connectivity index (χ0n) is 8.24. The number of amides is 1. The maximum atomic E-state index is 11.3. The van der Waals surface area contributed by atoms with E-state index in [4.69, 9.17) is 15.7 Å². The molecule has 4 N–H and O–H groups in total. The Labute approximate surface area is 91.1 Å². The van der Waals surface area contributed by atoms with Crippen LogP contribution in [0.4, 0.5) is 5.82 Å². The molecule has 0 saturated carbocycles. The standard InChI is InChI=1S/C8H12N4O2S/c1-5-4-6(12-14-5)11-7(13)2-3-15-8(9)10/h4H,2-3H2,1H3,(H3,9,10)(H,11,12,13). The lowest BCUT2D eigenvalue weighted by Gasteiger charge is -1.99. The second-order valence-corrected chi connectivity index (χ2v) is 3.97. The highest BCUT2D eigenvalue weighted by molar-refractivity contribution is 8.13. The summed E-state index contributed by atoms with van der Waals surface area (Å²) in [6.45, 7) is 1.74. The van der Waals surface area contributed by atoms with Crippen molar-refractivity contribution in [1.82, 2.24) is 5.16 Å². The van der Waals surface area contributed by atoms with Crippen LogP contribution in [0.1, 0.15) is 12.2 Å². The number of nitrogens with zero attached hydrogens (tertiary/aromatic N) is 1. The number of carbonyl (C=O) groups excluding carboxylic acids is 1. The van der Waals surface area contributed by atoms with Crippen LogP contribution in [-0.2, 0) is 4.79 Å². The third kappa shape index (κ3) is 4.50. The molecule has 1 aromatic heterocycles. The Morgan fingerprint density at radius 2 is 2.53 bits per heavy atom. The summed E-state index contributed by atoms with van der Waals surface area (Å²) in [5, 5.41) is 13.1. The number of aromatic nitrogens is 1. The Bertz CT molecular complexity index is 363. The molecule has 0 aliphatic heterocycles. The highest BCUT2D eigenvalue weighted by atomic mass is 32.2. The quantitative estimate of drug-likeness (QED) is 0.525. The monoisotopic (exact) mass is 228 g/mol. The summed E-state index contributed by atoms with van der Waals surface area (Å²) in [6, 6.07) is 1.63. The Hall–Kier alpha value is -1.50. The summed E-state index contributed by atoms with van der Waals surface area (Å²) in [5.41, 5.74) is 5.12. The van der Waals surface area contributed by atoms with Crippen LogP contribution in [0.3, 0.4) is 0 Å². The zero-order valence-corrected chi connectivity index (χ0v) is 9.06. The molecule has 0 saturated heterocycles. The first-order chi connectivity index (χ1) is 7.08. The highest BCUT2D eigenvalue weighted by Crippen LogP contribution is 2.08. The third-order valence-corrected chi connectivity index (χ3v) is 2.20. The number of carbonyl (C=O) groups is 1. The summed E-state index contributed by atoms with van der Waals surface area (Å²) in [6.07, 6.45) is 0.288. The van der Waals surface area contributed by atoms with Crippen molar-refractivity contribution >= 4 is 28.7 Å². The van der Waals surface area contributed by atoms with Crippen molar-refractivity contribution < 1.29 is 9.32 Å². The van der Waals surface area contributed by atoms with Crippen LogP contribution in [0.2, 0.25) is 0 Å². The van der Waals surface area contributed by atoms with Crippen LogP contribution in [0.15, 0.2) is 10.6 Å². The fourth-order valence-electron chi connectivity index (χ4n) is 0.884. The first kappa shape index (κ1) is 11.6. The zero-order chi connectivity index (χ0) is 11.3. The van der Waals surface area contributed by atoms with Gasteiger partial charge in [0.15, 0.2) is 11.0 Å². The van der Waals surface area contributed by atoms with Crippen molar-refractivity contribution in [1.29, 1.82) is 5.41 Å². The van der Waals surface area contributed by atoms with E-state index in [0.29, 0.717) is 17.3 Å². The van der Waals surface area contributed by atoms with E-state index in [1.54, 1.807) is 13.0 Å². The van der Waals surface area contributed by atoms with E-state index in [1.165, 1.54) is 0 Å². The highest BCUT2D eigenvalue weighted by Gasteiger charge is 2.05. The average molecular weight is 228 g/mol. The molecule has 0 spiro atoms. The van der Waals surface area contributed by atoms with Gasteiger partial charge in [-0.15, -0.1) is 0 Å². The van der Waals surface area contributed by atoms with Crippen LogP contribution < -0.4 is 11.1 Å². The summed E-state index contributed by atoms with van der Waals surface area (Å²) >= 11 is 1.13. The molecule has 15 heavy (non-hydrogen) atoms. The number of aryl methyl sites for hydroxylation is 1. The molecule has 1 amide bonds. The van der Waals surface area contributed by atoms with Crippen molar-refractivity contribution in [2.75, 3.05) is 11.1 Å². The normalized spacial score (nSPS) is 9.93. The first-order valence-electron chi connectivity index (χ1n) is 4.28. The molecule has 0 fully saturated rings. The van der Waals surface area contributed by atoms with E-state index < -0.39 is 0 Å². The van der Waals surface area contributed by atoms with Gasteiger partial charge in [-0.05, 0) is 6.92 Å². The molecule has 1 heterocycles. The molecule has 82 valence electrons. The number of hydrogen-bond donors (Lipinski definition) is 3. The molecule has 6 nitrogen and oxygen atoms in total. The summed E-state index contributed by atoms with van der Waals surface area (Å²) in [7, 11) is 0. The number of nitrogens with one attached hydrogen (secondary N) is 2. The van der Waals surface area contributed by atoms with Crippen molar-refractivity contribution in [3.05, 3.63) is 11.8 Å². The molecule has 0 unspecified atom stereocenters. The van der Waals surface area contributed by atoms with Crippen molar-refractivity contribution in [3.63, 3.8) is 0 Å². The molecule has 0 atom stereocenters. The minimum atomic E-state index is -0.169. The van der Waals surface area contributed by atoms with Gasteiger partial charge in [-0.3, -0.25) is 10.2 Å². The number of anilines is 1. The largest absolute Gasteiger partial charge is 0.379 e. The van der Waals surface area contributed by atoms with Gasteiger partial charge in [0.1, 0.15) is 5.76 Å². The maximum absolute atomic E-state index is 11.3. The number of thioether (sulfide) groups is 1. The summed E-state index contributed by atoms with van der Waals surface area (Å²) in [5.74, 6) is 1.36. The van der Waals surface area contributed by atoms with E-state index in [1.807, 2.05) is 0 Å². The van der Waals surface area contributed by atoms with Crippen LogP contribution in [0.5, 0.6) is 0 Å². The number of amidine groups is 1. The van der Waals surface area contributed by atoms with Crippen LogP contribution >= 0.6 is 11.8 Å². The number of nitrogens with two attached hydrogens (primary N) is 1. The fraction of sp³-hybridized carbons (Fsp3) is 0.375. The van der Waals surface area contributed by atoms with Gasteiger partial charge >= 0.3 is 0 Å². The van der Waals surface area contributed by atoms with Gasteiger partial charge in [-0.2, -0.15) is 0 Å². The van der Waals surface area contributed by atoms with Gasteiger partial charge in [-0.25, -0.2) is 0 Å². The van der Waals surface area contributed by atoms with E-state index in [9.17, 15) is 4.79 Å². The lowest BCUT2D eigenvalue weighted by atomic mass is 10.4. The minimum absolute atomic E-state index is 0.0140. The lowest BCUT2D eigenvalue weighted by Crippen LogP contribution is -2.14. The Kier molecular flexibility index (Phi) is 4.17. The molecule has 7 heteroatoms. The molecule has 1 rings (SSSR count). The van der Waals surface area contributed by atoms with E-state index >= 15 is 0 Å². The molecule has 0 radical (unpaired) electrons. The maximum Gasteiger partial charge on any atom is 0.226 e. The topological polar surface area (TPSA) is 105 Å². The molecule has 0 aliphatic carbocycles. The van der Waals surface area contributed by atoms with E-state index in [0.717, 1.165) is 11.8 Å². The Balaban J connectivity index is 2.27. The van der Waals surface area contributed by atoms with E-state index in [2.05, 4.69) is 10.5 Å². The Morgan fingerprint density at radius 1 is 1.80 bits per heavy atom. The SMILES string of the molecule is Cc1cc(NC(=O)CCSC(=N)N)no1. The van der Waals surface area contributed by atoms with Gasteiger partial charge < -0.3 is 15.6 Å². The lowest BCUT2D eigenvalue weighted by molar-refractivity contribution is -0.115. The second kappa shape index (κ2) is 5.40.